The van der Waals surface area contributed by atoms with E-state index in [-0.39, 0.29) is 18.8 Å². The average Bonchev–Trinajstić information content (AvgIpc) is 3.03. The average molecular weight is 653 g/mol. The first-order chi connectivity index (χ1) is 22.3. The Morgan fingerprint density at radius 2 is 1.15 bits per heavy atom. The Bertz CT molecular complexity index is 1290. The van der Waals surface area contributed by atoms with Gasteiger partial charge in [-0.15, -0.1) is 0 Å². The fourth-order valence-corrected chi connectivity index (χ4v) is 5.05. The van der Waals surface area contributed by atoms with Gasteiger partial charge < -0.3 is 37.8 Å². The van der Waals surface area contributed by atoms with Crippen molar-refractivity contribution in [3.05, 3.63) is 71.8 Å². The molecule has 0 fully saturated rings. The Kier molecular flexibility index (Phi) is 16.6. The minimum Gasteiger partial charge on any atom is -0.480 e. The van der Waals surface area contributed by atoms with Gasteiger partial charge in [0.1, 0.15) is 24.2 Å². The lowest BCUT2D eigenvalue weighted by atomic mass is 9.98. The van der Waals surface area contributed by atoms with E-state index in [9.17, 15) is 29.1 Å². The summed E-state index contributed by atoms with van der Waals surface area (Å²) in [4.78, 5) is 65.7. The normalized spacial score (nSPS) is 14.4. The van der Waals surface area contributed by atoms with Crippen molar-refractivity contribution in [1.29, 1.82) is 0 Å². The predicted molar refractivity (Wildman–Crippen MR) is 181 cm³/mol. The number of carbonyl (C=O) groups is 5. The molecule has 0 saturated heterocycles. The lowest BCUT2D eigenvalue weighted by Crippen LogP contribution is -2.60. The molecule has 9 N–H and O–H groups in total. The number of carbonyl (C=O) groups excluding carboxylic acids is 4. The van der Waals surface area contributed by atoms with E-state index in [1.807, 2.05) is 26.0 Å². The van der Waals surface area contributed by atoms with Gasteiger partial charge >= 0.3 is 5.97 Å². The number of aliphatic carboxylic acids is 1. The zero-order chi connectivity index (χ0) is 34.9. The van der Waals surface area contributed by atoms with Crippen molar-refractivity contribution >= 4 is 29.6 Å². The second-order valence-electron chi connectivity index (χ2n) is 12.7. The Morgan fingerprint density at radius 3 is 1.64 bits per heavy atom. The lowest BCUT2D eigenvalue weighted by molar-refractivity contribution is -0.142. The minimum absolute atomic E-state index is 0.0443. The molecule has 0 saturated carbocycles. The third-order valence-electron chi connectivity index (χ3n) is 7.71. The van der Waals surface area contributed by atoms with Crippen molar-refractivity contribution < 1.29 is 29.1 Å². The van der Waals surface area contributed by atoms with Crippen molar-refractivity contribution in [2.45, 2.75) is 96.4 Å². The second kappa shape index (κ2) is 20.1. The maximum absolute atomic E-state index is 13.7. The number of hydrogen-bond acceptors (Lipinski definition) is 7. The summed E-state index contributed by atoms with van der Waals surface area (Å²) in [5.74, 6) is -3.86. The number of amides is 4. The molecule has 2 aromatic carbocycles. The van der Waals surface area contributed by atoms with E-state index in [0.717, 1.165) is 17.5 Å². The molecule has 12 nitrogen and oxygen atoms in total. The summed E-state index contributed by atoms with van der Waals surface area (Å²) in [6.07, 6.45) is 2.29. The van der Waals surface area contributed by atoms with Gasteiger partial charge in [-0.3, -0.25) is 19.2 Å². The summed E-state index contributed by atoms with van der Waals surface area (Å²) in [6.45, 7) is 7.82. The van der Waals surface area contributed by atoms with Crippen molar-refractivity contribution in [1.82, 2.24) is 21.3 Å². The molecule has 2 aromatic rings. The third-order valence-corrected chi connectivity index (χ3v) is 7.71. The smallest absolute Gasteiger partial charge is 0.326 e. The third kappa shape index (κ3) is 13.9. The van der Waals surface area contributed by atoms with Crippen LogP contribution in [0, 0.1) is 11.8 Å². The molecule has 0 spiro atoms. The molecule has 0 radical (unpaired) electrons. The minimum atomic E-state index is -1.23. The molecule has 0 heterocycles. The van der Waals surface area contributed by atoms with Crippen molar-refractivity contribution in [2.75, 3.05) is 6.54 Å². The molecule has 0 aliphatic carbocycles. The van der Waals surface area contributed by atoms with Crippen LogP contribution >= 0.6 is 0 Å². The monoisotopic (exact) mass is 652 g/mol. The molecule has 0 unspecified atom stereocenters. The van der Waals surface area contributed by atoms with E-state index in [0.29, 0.717) is 25.8 Å². The maximum Gasteiger partial charge on any atom is 0.326 e. The van der Waals surface area contributed by atoms with Crippen LogP contribution in [0.5, 0.6) is 0 Å². The van der Waals surface area contributed by atoms with Gasteiger partial charge in [0, 0.05) is 12.8 Å². The van der Waals surface area contributed by atoms with Crippen LogP contribution in [0.1, 0.15) is 64.5 Å². The van der Waals surface area contributed by atoms with Gasteiger partial charge in [0.2, 0.25) is 23.6 Å². The number of benzene rings is 2. The van der Waals surface area contributed by atoms with Gasteiger partial charge in [-0.25, -0.2) is 4.79 Å². The molecule has 4 amide bonds. The van der Waals surface area contributed by atoms with Gasteiger partial charge in [0.05, 0.1) is 6.04 Å². The second-order valence-corrected chi connectivity index (χ2v) is 12.7. The van der Waals surface area contributed by atoms with Gasteiger partial charge in [-0.05, 0) is 48.8 Å². The van der Waals surface area contributed by atoms with Crippen molar-refractivity contribution in [2.24, 2.45) is 23.3 Å². The van der Waals surface area contributed by atoms with E-state index in [4.69, 9.17) is 11.5 Å². The van der Waals surface area contributed by atoms with Crippen LogP contribution in [0.25, 0.3) is 0 Å². The van der Waals surface area contributed by atoms with Crippen molar-refractivity contribution in [3.8, 4) is 0 Å². The van der Waals surface area contributed by atoms with Gasteiger partial charge in [-0.2, -0.15) is 0 Å². The molecule has 47 heavy (non-hydrogen) atoms. The van der Waals surface area contributed by atoms with Crippen LogP contribution < -0.4 is 32.7 Å². The topological polar surface area (TPSA) is 206 Å². The standard InChI is InChI=1S/C35H52N6O6/c1-22(2)19-27(38-31(42)26(37)17-11-12-18-36)33(44)41-30(23(3)4)34(45)39-28(20-24-13-7-5-8-14-24)32(43)40-29(35(46)47)21-25-15-9-6-10-16-25/h5-10,13-16,22-23,26-30H,11-12,17-21,36-37H2,1-4H3,(H,38,42)(H,39,45)(H,40,43)(H,41,44)(H,46,47)/t26-,27-,28-,29-,30-/m0/s1. The highest BCUT2D eigenvalue weighted by Gasteiger charge is 2.33. The summed E-state index contributed by atoms with van der Waals surface area (Å²) >= 11 is 0. The molecular weight excluding hydrogens is 600 g/mol. The maximum atomic E-state index is 13.7. The summed E-state index contributed by atoms with van der Waals surface area (Å²) < 4.78 is 0. The Labute approximate surface area is 277 Å². The van der Waals surface area contributed by atoms with Crippen LogP contribution in [-0.2, 0) is 36.8 Å². The van der Waals surface area contributed by atoms with Gasteiger partial charge in [-0.1, -0.05) is 94.8 Å². The number of carboxylic acid groups (broad SMARTS) is 1. The quantitative estimate of drug-likeness (QED) is 0.105. The molecule has 2 rings (SSSR count). The van der Waals surface area contributed by atoms with E-state index in [1.54, 1.807) is 62.4 Å². The first-order valence-electron chi connectivity index (χ1n) is 16.3. The fraction of sp³-hybridized carbons (Fsp3) is 0.514. The summed E-state index contributed by atoms with van der Waals surface area (Å²) in [5, 5.41) is 20.7. The van der Waals surface area contributed by atoms with E-state index < -0.39 is 65.7 Å². The van der Waals surface area contributed by atoms with E-state index in [2.05, 4.69) is 21.3 Å². The summed E-state index contributed by atoms with van der Waals surface area (Å²) in [6, 6.07) is 12.8. The fourth-order valence-electron chi connectivity index (χ4n) is 5.05. The van der Waals surface area contributed by atoms with Crippen LogP contribution in [0.4, 0.5) is 0 Å². The van der Waals surface area contributed by atoms with Crippen LogP contribution in [0.3, 0.4) is 0 Å². The SMILES string of the molecule is CC(C)C[C@H](NC(=O)[C@@H](N)CCCCN)C(=O)N[C@H](C(=O)N[C@@H](Cc1ccccc1)C(=O)N[C@@H](Cc1ccccc1)C(=O)O)C(C)C. The van der Waals surface area contributed by atoms with Crippen LogP contribution in [0.15, 0.2) is 60.7 Å². The first kappa shape index (κ1) is 38.9. The number of nitrogens with one attached hydrogen (secondary N) is 4. The molecule has 5 atom stereocenters. The Hall–Kier alpha value is -4.29. The largest absolute Gasteiger partial charge is 0.480 e. The van der Waals surface area contributed by atoms with Crippen molar-refractivity contribution in [3.63, 3.8) is 0 Å². The zero-order valence-electron chi connectivity index (χ0n) is 27.9. The molecule has 12 heteroatoms. The molecule has 258 valence electrons. The highest BCUT2D eigenvalue weighted by molar-refractivity contribution is 5.95. The molecule has 0 aliphatic rings. The van der Waals surface area contributed by atoms with E-state index >= 15 is 0 Å². The van der Waals surface area contributed by atoms with E-state index in [1.165, 1.54) is 0 Å². The summed E-state index contributed by atoms with van der Waals surface area (Å²) in [5.41, 5.74) is 13.1. The lowest BCUT2D eigenvalue weighted by Gasteiger charge is -2.28. The summed E-state index contributed by atoms with van der Waals surface area (Å²) in [7, 11) is 0. The Balaban J connectivity index is 2.24. The van der Waals surface area contributed by atoms with Gasteiger partial charge in [0.15, 0.2) is 0 Å². The number of carboxylic acids is 1. The van der Waals surface area contributed by atoms with Crippen LogP contribution in [0.2, 0.25) is 0 Å². The number of unbranched alkanes of at least 4 members (excludes halogenated alkanes) is 1. The molecule has 0 aliphatic heterocycles. The highest BCUT2D eigenvalue weighted by atomic mass is 16.4. The number of rotatable bonds is 20. The van der Waals surface area contributed by atoms with Gasteiger partial charge in [0.25, 0.3) is 0 Å². The number of hydrogen-bond donors (Lipinski definition) is 7. The van der Waals surface area contributed by atoms with Crippen LogP contribution in [-0.4, -0.2) is 71.5 Å². The zero-order valence-corrected chi connectivity index (χ0v) is 27.9. The predicted octanol–water partition coefficient (Wildman–Crippen LogP) is 1.65. The Morgan fingerprint density at radius 1 is 0.660 bits per heavy atom. The molecule has 0 aromatic heterocycles. The number of nitrogens with two attached hydrogens (primary N) is 2. The molecule has 0 bridgehead atoms. The first-order valence-corrected chi connectivity index (χ1v) is 16.3. The highest BCUT2D eigenvalue weighted by Crippen LogP contribution is 2.11. The molecular formula is C35H52N6O6.